The molecule has 2 fully saturated rings. The Kier molecular flexibility index (Phi) is 11.5. The summed E-state index contributed by atoms with van der Waals surface area (Å²) in [5.74, 6) is 0.724. The standard InChI is InChI=1S/C20H35N5O4S.HI/c1-2-21-20(22-10-6-15-28-19-7-4-3-5-8-19)24-11-13-25(14-12-24)30(26,27)17-18-9-16-29-23-18;/h9,16,19H,2-8,10-15,17H2,1H3,(H,21,22);1H. The Morgan fingerprint density at radius 1 is 1.26 bits per heavy atom. The van der Waals surface area contributed by atoms with Crippen molar-refractivity contribution in [3.05, 3.63) is 18.0 Å². The molecule has 0 atom stereocenters. The Balaban J connectivity index is 0.00000341. The summed E-state index contributed by atoms with van der Waals surface area (Å²) >= 11 is 0. The van der Waals surface area contributed by atoms with Crippen molar-refractivity contribution in [2.45, 2.75) is 57.3 Å². The lowest BCUT2D eigenvalue weighted by molar-refractivity contribution is 0.0281. The van der Waals surface area contributed by atoms with E-state index in [-0.39, 0.29) is 29.7 Å². The zero-order valence-electron chi connectivity index (χ0n) is 18.4. The Labute approximate surface area is 203 Å². The van der Waals surface area contributed by atoms with Crippen molar-refractivity contribution >= 4 is 40.0 Å². The molecule has 1 aliphatic heterocycles. The van der Waals surface area contributed by atoms with Crippen LogP contribution in [0.5, 0.6) is 0 Å². The first-order valence-corrected chi connectivity index (χ1v) is 12.7. The molecule has 1 aromatic rings. The van der Waals surface area contributed by atoms with Crippen molar-refractivity contribution in [1.29, 1.82) is 0 Å². The number of hydrogen-bond acceptors (Lipinski definition) is 6. The molecule has 1 aliphatic carbocycles. The van der Waals surface area contributed by atoms with Gasteiger partial charge in [-0.25, -0.2) is 8.42 Å². The predicted molar refractivity (Wildman–Crippen MR) is 131 cm³/mol. The van der Waals surface area contributed by atoms with E-state index in [9.17, 15) is 8.42 Å². The first-order valence-electron chi connectivity index (χ1n) is 11.1. The lowest BCUT2D eigenvalue weighted by atomic mass is 9.98. The van der Waals surface area contributed by atoms with Gasteiger partial charge in [0.25, 0.3) is 0 Å². The van der Waals surface area contributed by atoms with Crippen molar-refractivity contribution in [1.82, 2.24) is 19.7 Å². The summed E-state index contributed by atoms with van der Waals surface area (Å²) in [7, 11) is -3.40. The molecule has 178 valence electrons. The summed E-state index contributed by atoms with van der Waals surface area (Å²) in [6.07, 6.45) is 9.01. The highest BCUT2D eigenvalue weighted by atomic mass is 127. The van der Waals surface area contributed by atoms with E-state index in [1.54, 1.807) is 6.07 Å². The van der Waals surface area contributed by atoms with Crippen molar-refractivity contribution in [2.75, 3.05) is 45.9 Å². The van der Waals surface area contributed by atoms with Crippen LogP contribution in [0.1, 0.15) is 51.1 Å². The molecule has 2 heterocycles. The Bertz CT molecular complexity index is 746. The summed E-state index contributed by atoms with van der Waals surface area (Å²) in [6, 6.07) is 1.59. The molecule has 11 heteroatoms. The lowest BCUT2D eigenvalue weighted by Gasteiger charge is -2.35. The minimum Gasteiger partial charge on any atom is -0.378 e. The lowest BCUT2D eigenvalue weighted by Crippen LogP contribution is -2.53. The summed E-state index contributed by atoms with van der Waals surface area (Å²) in [5, 5.41) is 7.04. The summed E-state index contributed by atoms with van der Waals surface area (Å²) in [4.78, 5) is 6.86. The van der Waals surface area contributed by atoms with Crippen LogP contribution in [0.25, 0.3) is 0 Å². The van der Waals surface area contributed by atoms with Crippen molar-refractivity contribution in [3.8, 4) is 0 Å². The van der Waals surface area contributed by atoms with E-state index < -0.39 is 10.0 Å². The third kappa shape index (κ3) is 8.50. The fourth-order valence-corrected chi connectivity index (χ4v) is 5.35. The number of nitrogens with zero attached hydrogens (tertiary/aromatic N) is 4. The van der Waals surface area contributed by atoms with Gasteiger partial charge in [-0.05, 0) is 26.2 Å². The number of aliphatic imine (C=N–C) groups is 1. The number of halogens is 1. The molecule has 2 aliphatic rings. The van der Waals surface area contributed by atoms with Gasteiger partial charge in [-0.15, -0.1) is 24.0 Å². The van der Waals surface area contributed by atoms with Crippen LogP contribution >= 0.6 is 24.0 Å². The van der Waals surface area contributed by atoms with Crippen LogP contribution in [-0.2, 0) is 20.5 Å². The molecule has 9 nitrogen and oxygen atoms in total. The predicted octanol–water partition coefficient (Wildman–Crippen LogP) is 2.44. The average molecular weight is 570 g/mol. The molecule has 1 aromatic heterocycles. The molecule has 0 radical (unpaired) electrons. The monoisotopic (exact) mass is 569 g/mol. The van der Waals surface area contributed by atoms with Crippen LogP contribution in [0, 0.1) is 0 Å². The number of nitrogens with one attached hydrogen (secondary N) is 1. The second kappa shape index (κ2) is 13.6. The maximum atomic E-state index is 12.6. The van der Waals surface area contributed by atoms with Gasteiger partial charge in [0, 0.05) is 51.9 Å². The third-order valence-electron chi connectivity index (χ3n) is 5.56. The summed E-state index contributed by atoms with van der Waals surface area (Å²) in [6.45, 7) is 6.39. The third-order valence-corrected chi connectivity index (χ3v) is 7.37. The molecule has 1 N–H and O–H groups in total. The van der Waals surface area contributed by atoms with Gasteiger partial charge >= 0.3 is 0 Å². The van der Waals surface area contributed by atoms with Gasteiger partial charge in [0.05, 0.1) is 11.8 Å². The normalized spacial score (nSPS) is 19.3. The second-order valence-electron chi connectivity index (χ2n) is 7.85. The zero-order valence-corrected chi connectivity index (χ0v) is 21.5. The average Bonchev–Trinajstić information content (AvgIpc) is 3.26. The van der Waals surface area contributed by atoms with Crippen LogP contribution in [0.3, 0.4) is 0 Å². The maximum Gasteiger partial charge on any atom is 0.220 e. The van der Waals surface area contributed by atoms with Gasteiger partial charge in [0.15, 0.2) is 5.96 Å². The smallest absolute Gasteiger partial charge is 0.220 e. The summed E-state index contributed by atoms with van der Waals surface area (Å²) in [5.41, 5.74) is 0.433. The van der Waals surface area contributed by atoms with Gasteiger partial charge in [-0.1, -0.05) is 24.4 Å². The largest absolute Gasteiger partial charge is 0.378 e. The van der Waals surface area contributed by atoms with E-state index in [2.05, 4.69) is 15.4 Å². The maximum absolute atomic E-state index is 12.6. The Morgan fingerprint density at radius 3 is 2.65 bits per heavy atom. The number of aromatic nitrogens is 1. The van der Waals surface area contributed by atoms with Crippen LogP contribution < -0.4 is 5.32 Å². The first-order chi connectivity index (χ1) is 14.6. The van der Waals surface area contributed by atoms with Crippen molar-refractivity contribution in [2.24, 2.45) is 4.99 Å². The molecule has 3 rings (SSSR count). The van der Waals surface area contributed by atoms with Gasteiger partial charge in [-0.3, -0.25) is 4.99 Å². The molecule has 1 saturated heterocycles. The molecular formula is C20H36IN5O4S. The molecule has 0 spiro atoms. The van der Waals surface area contributed by atoms with Gasteiger partial charge in [0.1, 0.15) is 12.0 Å². The molecule has 0 aromatic carbocycles. The number of rotatable bonds is 9. The molecule has 31 heavy (non-hydrogen) atoms. The Hall–Kier alpha value is -0.920. The van der Waals surface area contributed by atoms with Gasteiger partial charge < -0.3 is 19.5 Å². The SMILES string of the molecule is CCNC(=NCCCOC1CCCCC1)N1CCN(S(=O)(=O)Cc2ccon2)CC1.I. The number of guanidine groups is 1. The molecular weight excluding hydrogens is 533 g/mol. The highest BCUT2D eigenvalue weighted by Crippen LogP contribution is 2.20. The fraction of sp³-hybridized carbons (Fsp3) is 0.800. The van der Waals surface area contributed by atoms with Gasteiger partial charge in [-0.2, -0.15) is 4.31 Å². The molecule has 0 amide bonds. The number of sulfonamides is 1. The minimum atomic E-state index is -3.40. The van der Waals surface area contributed by atoms with E-state index in [0.717, 1.165) is 25.5 Å². The molecule has 0 bridgehead atoms. The number of hydrogen-bond donors (Lipinski definition) is 1. The topological polar surface area (TPSA) is 100 Å². The highest BCUT2D eigenvalue weighted by molar-refractivity contribution is 14.0. The van der Waals surface area contributed by atoms with Crippen molar-refractivity contribution < 1.29 is 17.7 Å². The minimum absolute atomic E-state index is 0. The van der Waals surface area contributed by atoms with E-state index in [4.69, 9.17) is 14.3 Å². The van der Waals surface area contributed by atoms with Gasteiger partial charge in [0.2, 0.25) is 10.0 Å². The summed E-state index contributed by atoms with van der Waals surface area (Å²) < 4.78 is 37.4. The highest BCUT2D eigenvalue weighted by Gasteiger charge is 2.29. The van der Waals surface area contributed by atoms with E-state index >= 15 is 0 Å². The van der Waals surface area contributed by atoms with Crippen LogP contribution in [0.4, 0.5) is 0 Å². The van der Waals surface area contributed by atoms with Crippen LogP contribution in [-0.4, -0.2) is 80.7 Å². The number of piperazine rings is 1. The quantitative estimate of drug-likeness (QED) is 0.211. The van der Waals surface area contributed by atoms with E-state index in [1.165, 1.54) is 42.7 Å². The molecule has 0 unspecified atom stereocenters. The van der Waals surface area contributed by atoms with E-state index in [0.29, 0.717) is 44.5 Å². The Morgan fingerprint density at radius 2 is 2.00 bits per heavy atom. The van der Waals surface area contributed by atoms with Crippen LogP contribution in [0.2, 0.25) is 0 Å². The zero-order chi connectivity index (χ0) is 21.2. The van der Waals surface area contributed by atoms with Crippen LogP contribution in [0.15, 0.2) is 21.8 Å². The number of ether oxygens (including phenoxy) is 1. The van der Waals surface area contributed by atoms with Crippen molar-refractivity contribution in [3.63, 3.8) is 0 Å². The molecule has 1 saturated carbocycles. The van der Waals surface area contributed by atoms with E-state index in [1.807, 2.05) is 6.92 Å². The fourth-order valence-electron chi connectivity index (χ4n) is 3.93. The first kappa shape index (κ1) is 26.3. The second-order valence-corrected chi connectivity index (χ2v) is 9.82.